The molecule has 0 unspecified atom stereocenters. The predicted molar refractivity (Wildman–Crippen MR) is 55.7 cm³/mol. The zero-order valence-corrected chi connectivity index (χ0v) is 8.72. The van der Waals surface area contributed by atoms with Crippen molar-refractivity contribution in [3.8, 4) is 0 Å². The summed E-state index contributed by atoms with van der Waals surface area (Å²) in [5.41, 5.74) is 3.84. The van der Waals surface area contributed by atoms with Crippen LogP contribution in [0, 0.1) is 13.8 Å². The fourth-order valence-electron chi connectivity index (χ4n) is 1.46. The second-order valence-corrected chi connectivity index (χ2v) is 3.91. The van der Waals surface area contributed by atoms with E-state index in [1.165, 1.54) is 22.0 Å². The maximum atomic E-state index is 3.47. The number of hydrogen-bond donors (Lipinski definition) is 0. The molecule has 1 aromatic heterocycles. The van der Waals surface area contributed by atoms with E-state index in [9.17, 15) is 0 Å². The maximum absolute atomic E-state index is 3.47. The standard InChI is InChI=1S/C10H10BrN/c1-7-3-4-9-8(2)6-12(11)10(9)5-7/h3-6H,1-2H3. The van der Waals surface area contributed by atoms with Crippen LogP contribution in [-0.2, 0) is 0 Å². The molecule has 0 saturated heterocycles. The van der Waals surface area contributed by atoms with E-state index in [0.29, 0.717) is 0 Å². The summed E-state index contributed by atoms with van der Waals surface area (Å²) in [4.78, 5) is 0. The van der Waals surface area contributed by atoms with Gasteiger partial charge < -0.3 is 0 Å². The van der Waals surface area contributed by atoms with E-state index in [-0.39, 0.29) is 0 Å². The lowest BCUT2D eigenvalue weighted by atomic mass is 10.1. The Hall–Kier alpha value is -0.760. The van der Waals surface area contributed by atoms with Gasteiger partial charge in [0.15, 0.2) is 0 Å². The number of halogens is 1. The minimum Gasteiger partial charge on any atom is -0.283 e. The van der Waals surface area contributed by atoms with Crippen LogP contribution < -0.4 is 0 Å². The van der Waals surface area contributed by atoms with Crippen molar-refractivity contribution in [2.24, 2.45) is 0 Å². The molecule has 0 saturated carbocycles. The summed E-state index contributed by atoms with van der Waals surface area (Å²) in [5.74, 6) is 0. The SMILES string of the molecule is Cc1ccc2c(C)cn(Br)c2c1. The number of aromatic nitrogens is 1. The Morgan fingerprint density at radius 3 is 2.75 bits per heavy atom. The lowest BCUT2D eigenvalue weighted by Gasteiger charge is -1.95. The minimum atomic E-state index is 1.24. The van der Waals surface area contributed by atoms with Crippen LogP contribution in [0.25, 0.3) is 10.9 Å². The Kier molecular flexibility index (Phi) is 1.72. The van der Waals surface area contributed by atoms with Crippen molar-refractivity contribution in [3.63, 3.8) is 0 Å². The first-order valence-electron chi connectivity index (χ1n) is 3.93. The molecule has 0 fully saturated rings. The highest BCUT2D eigenvalue weighted by atomic mass is 79.9. The molecule has 0 aliphatic heterocycles. The van der Waals surface area contributed by atoms with Gasteiger partial charge in [-0.3, -0.25) is 3.59 Å². The third kappa shape index (κ3) is 1.07. The van der Waals surface area contributed by atoms with Crippen LogP contribution in [0.2, 0.25) is 0 Å². The minimum absolute atomic E-state index is 1.24. The van der Waals surface area contributed by atoms with Crippen molar-refractivity contribution >= 4 is 27.1 Å². The van der Waals surface area contributed by atoms with Crippen molar-refractivity contribution < 1.29 is 0 Å². The van der Waals surface area contributed by atoms with E-state index in [2.05, 4.69) is 54.4 Å². The average molecular weight is 224 g/mol. The Balaban J connectivity index is 2.90. The number of benzene rings is 1. The zero-order chi connectivity index (χ0) is 8.72. The summed E-state index contributed by atoms with van der Waals surface area (Å²) in [6, 6.07) is 6.48. The molecule has 12 heavy (non-hydrogen) atoms. The van der Waals surface area contributed by atoms with Crippen LogP contribution in [0.5, 0.6) is 0 Å². The Morgan fingerprint density at radius 1 is 1.25 bits per heavy atom. The molecule has 1 nitrogen and oxygen atoms in total. The fraction of sp³-hybridized carbons (Fsp3) is 0.200. The van der Waals surface area contributed by atoms with Crippen LogP contribution in [0.1, 0.15) is 11.1 Å². The molecule has 2 rings (SSSR count). The van der Waals surface area contributed by atoms with Crippen molar-refractivity contribution in [3.05, 3.63) is 35.5 Å². The molecule has 2 heteroatoms. The molecule has 0 radical (unpaired) electrons. The molecule has 0 spiro atoms. The van der Waals surface area contributed by atoms with Crippen LogP contribution in [0.4, 0.5) is 0 Å². The molecule has 0 aliphatic carbocycles. The molecule has 2 aromatic rings. The quantitative estimate of drug-likeness (QED) is 0.646. The first-order valence-corrected chi connectivity index (χ1v) is 4.64. The van der Waals surface area contributed by atoms with Gasteiger partial charge in [-0.2, -0.15) is 0 Å². The molecule has 62 valence electrons. The molecule has 0 aliphatic rings. The first-order chi connectivity index (χ1) is 5.68. The largest absolute Gasteiger partial charge is 0.283 e. The number of hydrogen-bond acceptors (Lipinski definition) is 0. The van der Waals surface area contributed by atoms with Gasteiger partial charge in [0, 0.05) is 11.6 Å². The van der Waals surface area contributed by atoms with Crippen molar-refractivity contribution in [1.82, 2.24) is 3.59 Å². The van der Waals surface area contributed by atoms with E-state index < -0.39 is 0 Å². The highest BCUT2D eigenvalue weighted by Gasteiger charge is 2.02. The summed E-state index contributed by atoms with van der Waals surface area (Å²) in [6.07, 6.45) is 2.09. The van der Waals surface area contributed by atoms with Crippen LogP contribution in [0.3, 0.4) is 0 Å². The van der Waals surface area contributed by atoms with E-state index in [0.717, 1.165) is 0 Å². The van der Waals surface area contributed by atoms with Gasteiger partial charge in [0.05, 0.1) is 21.7 Å². The highest BCUT2D eigenvalue weighted by Crippen LogP contribution is 2.23. The number of aryl methyl sites for hydroxylation is 2. The molecular weight excluding hydrogens is 214 g/mol. The summed E-state index contributed by atoms with van der Waals surface area (Å²) in [5, 5.41) is 1.32. The Bertz CT molecular complexity index is 429. The van der Waals surface area contributed by atoms with Gasteiger partial charge in [-0.25, -0.2) is 0 Å². The van der Waals surface area contributed by atoms with Crippen LogP contribution >= 0.6 is 16.1 Å². The second-order valence-electron chi connectivity index (χ2n) is 3.14. The third-order valence-electron chi connectivity index (χ3n) is 2.12. The molecule has 0 amide bonds. The molecule has 1 heterocycles. The molecule has 0 bridgehead atoms. The zero-order valence-electron chi connectivity index (χ0n) is 7.13. The third-order valence-corrected chi connectivity index (χ3v) is 2.70. The number of nitrogens with zero attached hydrogens (tertiary/aromatic N) is 1. The molecule has 1 aromatic carbocycles. The normalized spacial score (nSPS) is 10.9. The van der Waals surface area contributed by atoms with Crippen LogP contribution in [0.15, 0.2) is 24.4 Å². The highest BCUT2D eigenvalue weighted by molar-refractivity contribution is 9.08. The Morgan fingerprint density at radius 2 is 2.00 bits per heavy atom. The Labute approximate surface area is 80.3 Å². The lowest BCUT2D eigenvalue weighted by Crippen LogP contribution is -1.76. The van der Waals surface area contributed by atoms with E-state index in [1.807, 2.05) is 3.59 Å². The smallest absolute Gasteiger partial charge is 0.0596 e. The molecular formula is C10H10BrN. The van der Waals surface area contributed by atoms with E-state index in [4.69, 9.17) is 0 Å². The van der Waals surface area contributed by atoms with E-state index >= 15 is 0 Å². The van der Waals surface area contributed by atoms with Crippen molar-refractivity contribution in [1.29, 1.82) is 0 Å². The van der Waals surface area contributed by atoms with Crippen LogP contribution in [-0.4, -0.2) is 3.59 Å². The van der Waals surface area contributed by atoms with Gasteiger partial charge in [-0.1, -0.05) is 12.1 Å². The first kappa shape index (κ1) is 7.87. The van der Waals surface area contributed by atoms with Gasteiger partial charge in [0.25, 0.3) is 0 Å². The maximum Gasteiger partial charge on any atom is 0.0596 e. The summed E-state index contributed by atoms with van der Waals surface area (Å²) in [6.45, 7) is 4.23. The number of rotatable bonds is 0. The van der Waals surface area contributed by atoms with Gasteiger partial charge >= 0.3 is 0 Å². The number of fused-ring (bicyclic) bond motifs is 1. The predicted octanol–water partition coefficient (Wildman–Crippen LogP) is 3.42. The average Bonchev–Trinajstić information content (AvgIpc) is 2.28. The van der Waals surface area contributed by atoms with Gasteiger partial charge in [0.1, 0.15) is 0 Å². The summed E-state index contributed by atoms with van der Waals surface area (Å²) in [7, 11) is 0. The summed E-state index contributed by atoms with van der Waals surface area (Å²) >= 11 is 3.47. The monoisotopic (exact) mass is 223 g/mol. The van der Waals surface area contributed by atoms with Crippen molar-refractivity contribution in [2.75, 3.05) is 0 Å². The van der Waals surface area contributed by atoms with Gasteiger partial charge in [0.2, 0.25) is 0 Å². The molecule has 0 atom stereocenters. The summed E-state index contributed by atoms with van der Waals surface area (Å²) < 4.78 is 1.99. The topological polar surface area (TPSA) is 4.93 Å². The lowest BCUT2D eigenvalue weighted by molar-refractivity contribution is 1.35. The van der Waals surface area contributed by atoms with Gasteiger partial charge in [-0.05, 0) is 31.0 Å². The van der Waals surface area contributed by atoms with Crippen molar-refractivity contribution in [2.45, 2.75) is 13.8 Å². The van der Waals surface area contributed by atoms with Gasteiger partial charge in [-0.15, -0.1) is 0 Å². The van der Waals surface area contributed by atoms with E-state index in [1.54, 1.807) is 0 Å². The second kappa shape index (κ2) is 2.63. The molecule has 0 N–H and O–H groups in total. The fourth-order valence-corrected chi connectivity index (χ4v) is 2.06.